The van der Waals surface area contributed by atoms with Gasteiger partial charge in [-0.2, -0.15) is 0 Å². The Morgan fingerprint density at radius 2 is 2.09 bits per heavy atom. The molecule has 1 aromatic heterocycles. The van der Waals surface area contributed by atoms with E-state index in [2.05, 4.69) is 59.1 Å². The third-order valence-corrected chi connectivity index (χ3v) is 4.45. The maximum absolute atomic E-state index is 5.42. The normalized spacial score (nSPS) is 13.6. The number of aliphatic imine (C=N–C) groups is 1. The molecule has 0 radical (unpaired) electrons. The summed E-state index contributed by atoms with van der Waals surface area (Å²) in [6.07, 6.45) is 0. The van der Waals surface area contributed by atoms with Crippen molar-refractivity contribution in [2.45, 2.75) is 32.4 Å². The minimum Gasteiger partial charge on any atom is -0.377 e. The molecule has 1 atom stereocenters. The lowest BCUT2D eigenvalue weighted by Gasteiger charge is -2.25. The summed E-state index contributed by atoms with van der Waals surface area (Å²) in [6.45, 7) is 8.41. The second kappa shape index (κ2) is 11.2. The molecule has 1 heterocycles. The molecule has 0 aliphatic carbocycles. The molecule has 0 spiro atoms. The van der Waals surface area contributed by atoms with E-state index in [0.29, 0.717) is 12.6 Å². The summed E-state index contributed by atoms with van der Waals surface area (Å²) in [7, 11) is 5.92. The smallest absolute Gasteiger partial charge is 0.191 e. The summed E-state index contributed by atoms with van der Waals surface area (Å²) in [5.41, 5.74) is -0.253. The van der Waals surface area contributed by atoms with Crippen molar-refractivity contribution >= 4 is 41.3 Å². The van der Waals surface area contributed by atoms with Gasteiger partial charge in [-0.1, -0.05) is 6.07 Å². The van der Waals surface area contributed by atoms with E-state index >= 15 is 0 Å². The van der Waals surface area contributed by atoms with Gasteiger partial charge in [0.05, 0.1) is 18.2 Å². The van der Waals surface area contributed by atoms with Crippen LogP contribution in [0.5, 0.6) is 0 Å². The second-order valence-corrected chi connectivity index (χ2v) is 7.01. The number of guanidine groups is 1. The van der Waals surface area contributed by atoms with Crippen LogP contribution >= 0.6 is 35.3 Å². The molecule has 0 saturated heterocycles. The molecule has 134 valence electrons. The van der Waals surface area contributed by atoms with Gasteiger partial charge in [0.15, 0.2) is 5.96 Å². The lowest BCUT2D eigenvalue weighted by Crippen LogP contribution is -2.42. The number of hydrogen-bond acceptors (Lipinski definition) is 4. The van der Waals surface area contributed by atoms with Gasteiger partial charge in [-0.25, -0.2) is 0 Å². The van der Waals surface area contributed by atoms with E-state index in [1.54, 1.807) is 18.4 Å². The molecule has 1 unspecified atom stereocenters. The van der Waals surface area contributed by atoms with Gasteiger partial charge in [0.1, 0.15) is 0 Å². The van der Waals surface area contributed by atoms with Crippen LogP contribution in [0.1, 0.15) is 31.7 Å². The molecule has 0 aliphatic heterocycles. The molecule has 0 bridgehead atoms. The molecule has 5 nitrogen and oxygen atoms in total. The highest BCUT2D eigenvalue weighted by Crippen LogP contribution is 2.22. The van der Waals surface area contributed by atoms with Crippen LogP contribution < -0.4 is 10.6 Å². The van der Waals surface area contributed by atoms with Crippen LogP contribution in [0.3, 0.4) is 0 Å². The Morgan fingerprint density at radius 1 is 1.39 bits per heavy atom. The summed E-state index contributed by atoms with van der Waals surface area (Å²) in [5.74, 6) is 0.830. The van der Waals surface area contributed by atoms with Crippen molar-refractivity contribution in [3.05, 3.63) is 22.4 Å². The molecule has 2 N–H and O–H groups in total. The number of rotatable bonds is 8. The van der Waals surface area contributed by atoms with Crippen molar-refractivity contribution in [1.82, 2.24) is 15.5 Å². The SMILES string of the molecule is CCNC(=NCC(C)(C)OC)NCC(c1cccs1)N(C)C.I. The third-order valence-electron chi connectivity index (χ3n) is 3.47. The second-order valence-electron chi connectivity index (χ2n) is 6.03. The molecular weight excluding hydrogens is 423 g/mol. The van der Waals surface area contributed by atoms with E-state index in [4.69, 9.17) is 4.74 Å². The lowest BCUT2D eigenvalue weighted by atomic mass is 10.1. The largest absolute Gasteiger partial charge is 0.377 e. The predicted molar refractivity (Wildman–Crippen MR) is 111 cm³/mol. The molecule has 0 amide bonds. The molecule has 0 saturated carbocycles. The fraction of sp³-hybridized carbons (Fsp3) is 0.688. The number of thiophene rings is 1. The third kappa shape index (κ3) is 8.32. The van der Waals surface area contributed by atoms with Gasteiger partial charge in [0.25, 0.3) is 0 Å². The van der Waals surface area contributed by atoms with Gasteiger partial charge in [-0.05, 0) is 46.3 Å². The van der Waals surface area contributed by atoms with Gasteiger partial charge in [-0.3, -0.25) is 4.99 Å². The molecule has 0 aromatic carbocycles. The Bertz CT molecular complexity index is 449. The Hall–Kier alpha value is -0.380. The van der Waals surface area contributed by atoms with E-state index in [1.165, 1.54) is 4.88 Å². The molecule has 0 aliphatic rings. The zero-order valence-electron chi connectivity index (χ0n) is 15.0. The average Bonchev–Trinajstić information content (AvgIpc) is 2.98. The minimum absolute atomic E-state index is 0. The zero-order chi connectivity index (χ0) is 16.6. The quantitative estimate of drug-likeness (QED) is 0.360. The summed E-state index contributed by atoms with van der Waals surface area (Å²) in [4.78, 5) is 8.20. The number of ether oxygens (including phenoxy) is 1. The maximum atomic E-state index is 5.42. The first-order valence-electron chi connectivity index (χ1n) is 7.66. The Balaban J connectivity index is 0.00000484. The van der Waals surface area contributed by atoms with Crippen LogP contribution in [-0.4, -0.2) is 57.3 Å². The number of nitrogens with zero attached hydrogens (tertiary/aromatic N) is 2. The number of nitrogens with one attached hydrogen (secondary N) is 2. The Labute approximate surface area is 161 Å². The number of hydrogen-bond donors (Lipinski definition) is 2. The number of halogens is 1. The topological polar surface area (TPSA) is 48.9 Å². The van der Waals surface area contributed by atoms with Crippen LogP contribution in [-0.2, 0) is 4.74 Å². The van der Waals surface area contributed by atoms with Gasteiger partial charge in [-0.15, -0.1) is 35.3 Å². The Kier molecular flexibility index (Phi) is 11.0. The van der Waals surface area contributed by atoms with Crippen LogP contribution in [0.15, 0.2) is 22.5 Å². The standard InChI is InChI=1S/C16H30N4OS.HI/c1-7-17-15(19-12-16(2,3)21-6)18-11-13(20(4)5)14-9-8-10-22-14;/h8-10,13H,7,11-12H2,1-6H3,(H2,17,18,19);1H. The van der Waals surface area contributed by atoms with Crippen molar-refractivity contribution in [3.63, 3.8) is 0 Å². The van der Waals surface area contributed by atoms with Crippen molar-refractivity contribution in [1.29, 1.82) is 0 Å². The highest BCUT2D eigenvalue weighted by atomic mass is 127. The fourth-order valence-corrected chi connectivity index (χ4v) is 2.81. The monoisotopic (exact) mass is 454 g/mol. The van der Waals surface area contributed by atoms with Crippen LogP contribution in [0.2, 0.25) is 0 Å². The van der Waals surface area contributed by atoms with Crippen molar-refractivity contribution in [2.75, 3.05) is 40.8 Å². The minimum atomic E-state index is -0.253. The highest BCUT2D eigenvalue weighted by molar-refractivity contribution is 14.0. The van der Waals surface area contributed by atoms with E-state index in [0.717, 1.165) is 19.0 Å². The van der Waals surface area contributed by atoms with Gasteiger partial charge in [0.2, 0.25) is 0 Å². The van der Waals surface area contributed by atoms with E-state index in [-0.39, 0.29) is 29.6 Å². The van der Waals surface area contributed by atoms with Crippen LogP contribution in [0.4, 0.5) is 0 Å². The van der Waals surface area contributed by atoms with E-state index in [1.807, 2.05) is 13.8 Å². The molecule has 1 aromatic rings. The number of methoxy groups -OCH3 is 1. The predicted octanol–water partition coefficient (Wildman–Crippen LogP) is 2.95. The Morgan fingerprint density at radius 3 is 2.57 bits per heavy atom. The lowest BCUT2D eigenvalue weighted by molar-refractivity contribution is 0.0310. The first-order valence-corrected chi connectivity index (χ1v) is 8.54. The fourth-order valence-electron chi connectivity index (χ4n) is 1.89. The van der Waals surface area contributed by atoms with Crippen LogP contribution in [0, 0.1) is 0 Å². The summed E-state index contributed by atoms with van der Waals surface area (Å²) < 4.78 is 5.42. The molecular formula is C16H31IN4OS. The number of likely N-dealkylation sites (N-methyl/N-ethyl adjacent to an activating group) is 1. The molecule has 0 fully saturated rings. The van der Waals surface area contributed by atoms with Crippen molar-refractivity contribution < 1.29 is 4.74 Å². The van der Waals surface area contributed by atoms with Crippen molar-refractivity contribution in [3.8, 4) is 0 Å². The average molecular weight is 454 g/mol. The summed E-state index contributed by atoms with van der Waals surface area (Å²) in [5, 5.41) is 8.84. The highest BCUT2D eigenvalue weighted by Gasteiger charge is 2.17. The molecule has 7 heteroatoms. The summed E-state index contributed by atoms with van der Waals surface area (Å²) in [6, 6.07) is 4.60. The van der Waals surface area contributed by atoms with E-state index in [9.17, 15) is 0 Å². The summed E-state index contributed by atoms with van der Waals surface area (Å²) >= 11 is 1.78. The maximum Gasteiger partial charge on any atom is 0.191 e. The van der Waals surface area contributed by atoms with Gasteiger partial charge >= 0.3 is 0 Å². The van der Waals surface area contributed by atoms with Gasteiger partial charge < -0.3 is 20.3 Å². The van der Waals surface area contributed by atoms with Crippen LogP contribution in [0.25, 0.3) is 0 Å². The first kappa shape index (κ1) is 22.6. The molecule has 23 heavy (non-hydrogen) atoms. The van der Waals surface area contributed by atoms with E-state index < -0.39 is 0 Å². The zero-order valence-corrected chi connectivity index (χ0v) is 18.2. The van der Waals surface area contributed by atoms with Crippen molar-refractivity contribution in [2.24, 2.45) is 4.99 Å². The molecule has 1 rings (SSSR count). The first-order chi connectivity index (χ1) is 10.4. The van der Waals surface area contributed by atoms with Gasteiger partial charge in [0, 0.05) is 25.1 Å².